The first kappa shape index (κ1) is 21.8. The molecule has 0 saturated carbocycles. The number of carbonyl (C=O) groups excluding carboxylic acids is 1. The number of ether oxygens (including phenoxy) is 1. The molecule has 0 radical (unpaired) electrons. The summed E-state index contributed by atoms with van der Waals surface area (Å²) in [6.07, 6.45) is -0.153. The minimum atomic E-state index is -0.947. The smallest absolute Gasteiger partial charge is 0.307 e. The van der Waals surface area contributed by atoms with E-state index in [1.807, 2.05) is 11.8 Å². The monoisotopic (exact) mass is 414 g/mol. The van der Waals surface area contributed by atoms with Crippen LogP contribution in [0.3, 0.4) is 0 Å². The number of carboxylic acid groups (broad SMARTS) is 1. The summed E-state index contributed by atoms with van der Waals surface area (Å²) in [5, 5.41) is 9.03. The maximum Gasteiger partial charge on any atom is 0.307 e. The van der Waals surface area contributed by atoms with Gasteiger partial charge in [0.05, 0.1) is 6.42 Å². The molecule has 1 heterocycles. The molecule has 160 valence electrons. The van der Waals surface area contributed by atoms with Crippen molar-refractivity contribution in [3.63, 3.8) is 0 Å². The van der Waals surface area contributed by atoms with Crippen molar-refractivity contribution in [2.45, 2.75) is 38.9 Å². The number of hydrogen-bond acceptors (Lipinski definition) is 4. The molecule has 2 aromatic carbocycles. The summed E-state index contributed by atoms with van der Waals surface area (Å²) >= 11 is 0. The third-order valence-electron chi connectivity index (χ3n) is 5.40. The van der Waals surface area contributed by atoms with Gasteiger partial charge in [-0.2, -0.15) is 0 Å². The second kappa shape index (κ2) is 9.71. The Morgan fingerprint density at radius 2 is 1.77 bits per heavy atom. The first-order valence-corrected chi connectivity index (χ1v) is 10.0. The summed E-state index contributed by atoms with van der Waals surface area (Å²) in [7, 11) is 0. The van der Waals surface area contributed by atoms with Crippen LogP contribution in [-0.4, -0.2) is 58.6 Å². The van der Waals surface area contributed by atoms with Crippen molar-refractivity contribution >= 4 is 11.9 Å². The fourth-order valence-electron chi connectivity index (χ4n) is 3.77. The van der Waals surface area contributed by atoms with Crippen molar-refractivity contribution in [3.05, 3.63) is 65.5 Å². The lowest BCUT2D eigenvalue weighted by Crippen LogP contribution is -2.58. The summed E-state index contributed by atoms with van der Waals surface area (Å²) in [6.45, 7) is 5.91. The highest BCUT2D eigenvalue weighted by molar-refractivity contribution is 5.78. The first-order chi connectivity index (χ1) is 14.3. The van der Waals surface area contributed by atoms with Crippen LogP contribution in [0.4, 0.5) is 4.39 Å². The molecule has 0 bridgehead atoms. The number of carboxylic acids is 1. The minimum Gasteiger partial charge on any atom is -0.483 e. The summed E-state index contributed by atoms with van der Waals surface area (Å²) in [5.74, 6) is -0.901. The van der Waals surface area contributed by atoms with Crippen molar-refractivity contribution in [3.8, 4) is 5.75 Å². The van der Waals surface area contributed by atoms with Crippen LogP contribution in [-0.2, 0) is 22.6 Å². The molecule has 1 aliphatic heterocycles. The van der Waals surface area contributed by atoms with E-state index in [9.17, 15) is 14.0 Å². The van der Waals surface area contributed by atoms with E-state index in [2.05, 4.69) is 11.8 Å². The van der Waals surface area contributed by atoms with E-state index >= 15 is 0 Å². The van der Waals surface area contributed by atoms with Gasteiger partial charge in [0.15, 0.2) is 6.61 Å². The lowest BCUT2D eigenvalue weighted by molar-refractivity contribution is -0.139. The molecule has 0 unspecified atom stereocenters. The quantitative estimate of drug-likeness (QED) is 0.754. The zero-order valence-electron chi connectivity index (χ0n) is 17.3. The molecule has 1 N–H and O–H groups in total. The predicted molar refractivity (Wildman–Crippen MR) is 111 cm³/mol. The largest absolute Gasteiger partial charge is 0.483 e. The van der Waals surface area contributed by atoms with E-state index in [-0.39, 0.29) is 36.8 Å². The summed E-state index contributed by atoms with van der Waals surface area (Å²) in [6, 6.07) is 13.5. The van der Waals surface area contributed by atoms with Crippen LogP contribution in [0.15, 0.2) is 48.5 Å². The van der Waals surface area contributed by atoms with Crippen LogP contribution in [0.25, 0.3) is 0 Å². The number of hydrogen-bond donors (Lipinski definition) is 1. The lowest BCUT2D eigenvalue weighted by Gasteiger charge is -2.44. The highest BCUT2D eigenvalue weighted by Gasteiger charge is 2.32. The Morgan fingerprint density at radius 1 is 1.07 bits per heavy atom. The second-order valence-corrected chi connectivity index (χ2v) is 7.77. The maximum atomic E-state index is 13.1. The Bertz CT molecular complexity index is 887. The maximum absolute atomic E-state index is 13.1. The van der Waals surface area contributed by atoms with Crippen LogP contribution in [0.2, 0.25) is 0 Å². The molecular formula is C23H27FN2O4. The van der Waals surface area contributed by atoms with Gasteiger partial charge in [-0.05, 0) is 37.6 Å². The highest BCUT2D eigenvalue weighted by Crippen LogP contribution is 2.21. The van der Waals surface area contributed by atoms with E-state index in [1.165, 1.54) is 12.1 Å². The molecule has 30 heavy (non-hydrogen) atoms. The zero-order valence-corrected chi connectivity index (χ0v) is 17.3. The van der Waals surface area contributed by atoms with Gasteiger partial charge in [-0.15, -0.1) is 0 Å². The van der Waals surface area contributed by atoms with Gasteiger partial charge in [-0.3, -0.25) is 14.5 Å². The Kier molecular flexibility index (Phi) is 7.05. The second-order valence-electron chi connectivity index (χ2n) is 7.77. The van der Waals surface area contributed by atoms with Crippen LogP contribution < -0.4 is 4.74 Å². The Morgan fingerprint density at radius 3 is 2.47 bits per heavy atom. The standard InChI is InChI=1S/C23H27FN2O4/c1-16-13-26(17(2)12-25(16)14-18-7-9-20(24)10-8-18)22(27)15-30-21-6-4-3-5-19(21)11-23(28)29/h3-10,16-17H,11-15H2,1-2H3,(H,28,29)/t16-,17+/m0/s1. The number of nitrogens with zero attached hydrogens (tertiary/aromatic N) is 2. The molecule has 2 aromatic rings. The van der Waals surface area contributed by atoms with Crippen molar-refractivity contribution in [1.82, 2.24) is 9.80 Å². The molecule has 3 rings (SSSR count). The SMILES string of the molecule is C[C@@H]1CN(Cc2ccc(F)cc2)[C@@H](C)CN1C(=O)COc1ccccc1CC(=O)O. The van der Waals surface area contributed by atoms with Crippen molar-refractivity contribution < 1.29 is 23.8 Å². The Balaban J connectivity index is 1.57. The summed E-state index contributed by atoms with van der Waals surface area (Å²) in [4.78, 5) is 27.9. The molecule has 1 amide bonds. The van der Waals surface area contributed by atoms with Gasteiger partial charge in [0, 0.05) is 37.3 Å². The number of benzene rings is 2. The number of halogens is 1. The van der Waals surface area contributed by atoms with Crippen LogP contribution >= 0.6 is 0 Å². The average Bonchev–Trinajstić information content (AvgIpc) is 2.71. The molecule has 0 aliphatic carbocycles. The first-order valence-electron chi connectivity index (χ1n) is 10.0. The van der Waals surface area contributed by atoms with E-state index in [0.717, 1.165) is 5.56 Å². The number of rotatable bonds is 7. The zero-order chi connectivity index (χ0) is 21.7. The van der Waals surface area contributed by atoms with Crippen LogP contribution in [0.5, 0.6) is 5.75 Å². The Labute approximate surface area is 175 Å². The number of para-hydroxylation sites is 1. The number of aliphatic carboxylic acids is 1. The Hall–Kier alpha value is -2.93. The fourth-order valence-corrected chi connectivity index (χ4v) is 3.77. The fraction of sp³-hybridized carbons (Fsp3) is 0.391. The predicted octanol–water partition coefficient (Wildman–Crippen LogP) is 2.95. The van der Waals surface area contributed by atoms with Gasteiger partial charge in [0.25, 0.3) is 5.91 Å². The third kappa shape index (κ3) is 5.57. The summed E-state index contributed by atoms with van der Waals surface area (Å²) in [5.41, 5.74) is 1.58. The van der Waals surface area contributed by atoms with Gasteiger partial charge >= 0.3 is 5.97 Å². The van der Waals surface area contributed by atoms with Crippen molar-refractivity contribution in [1.29, 1.82) is 0 Å². The molecule has 1 aliphatic rings. The van der Waals surface area contributed by atoms with E-state index < -0.39 is 5.97 Å². The molecule has 0 aromatic heterocycles. The highest BCUT2D eigenvalue weighted by atomic mass is 19.1. The van der Waals surface area contributed by atoms with Gasteiger partial charge in [-0.1, -0.05) is 30.3 Å². The van der Waals surface area contributed by atoms with E-state index in [4.69, 9.17) is 9.84 Å². The van der Waals surface area contributed by atoms with Crippen LogP contribution in [0.1, 0.15) is 25.0 Å². The normalized spacial score (nSPS) is 19.5. The van der Waals surface area contributed by atoms with Gasteiger partial charge in [0.1, 0.15) is 11.6 Å². The summed E-state index contributed by atoms with van der Waals surface area (Å²) < 4.78 is 18.8. The molecule has 2 atom stereocenters. The van der Waals surface area contributed by atoms with Gasteiger partial charge < -0.3 is 14.7 Å². The lowest BCUT2D eigenvalue weighted by atomic mass is 10.1. The van der Waals surface area contributed by atoms with Gasteiger partial charge in [-0.25, -0.2) is 4.39 Å². The molecule has 1 saturated heterocycles. The third-order valence-corrected chi connectivity index (χ3v) is 5.40. The number of amides is 1. The molecule has 7 heteroatoms. The van der Waals surface area contributed by atoms with E-state index in [0.29, 0.717) is 30.9 Å². The molecule has 6 nitrogen and oxygen atoms in total. The van der Waals surface area contributed by atoms with Crippen molar-refractivity contribution in [2.75, 3.05) is 19.7 Å². The molecule has 0 spiro atoms. The molecule has 1 fully saturated rings. The number of carbonyl (C=O) groups is 2. The molecular weight excluding hydrogens is 387 g/mol. The van der Waals surface area contributed by atoms with Gasteiger partial charge in [0.2, 0.25) is 0 Å². The van der Waals surface area contributed by atoms with Crippen LogP contribution in [0, 0.1) is 5.82 Å². The number of piperazine rings is 1. The average molecular weight is 414 g/mol. The minimum absolute atomic E-state index is 0.00649. The topological polar surface area (TPSA) is 70.1 Å². The van der Waals surface area contributed by atoms with Crippen molar-refractivity contribution in [2.24, 2.45) is 0 Å². The van der Waals surface area contributed by atoms with E-state index in [1.54, 1.807) is 36.4 Å².